The maximum atomic E-state index is 13.1. The van der Waals surface area contributed by atoms with E-state index in [0.29, 0.717) is 22.5 Å². The van der Waals surface area contributed by atoms with Gasteiger partial charge in [0.2, 0.25) is 12.3 Å². The molecule has 1 aliphatic rings. The van der Waals surface area contributed by atoms with Crippen molar-refractivity contribution in [1.82, 2.24) is 20.2 Å². The highest BCUT2D eigenvalue weighted by molar-refractivity contribution is 5.93. The van der Waals surface area contributed by atoms with E-state index in [4.69, 9.17) is 5.84 Å². The monoisotopic (exact) mass is 372 g/mol. The molecule has 27 heavy (non-hydrogen) atoms. The van der Waals surface area contributed by atoms with Crippen molar-refractivity contribution in [2.45, 2.75) is 39.0 Å². The molecule has 3 N–H and O–H groups in total. The maximum Gasteiger partial charge on any atom is 0.267 e. The van der Waals surface area contributed by atoms with Crippen molar-refractivity contribution < 1.29 is 14.8 Å². The number of fused-ring (bicyclic) bond motifs is 1. The summed E-state index contributed by atoms with van der Waals surface area (Å²) in [5, 5.41) is 19.1. The first-order valence-corrected chi connectivity index (χ1v) is 9.10. The number of hydrazine groups is 1. The first kappa shape index (κ1) is 19.1. The molecule has 1 atom stereocenters. The van der Waals surface area contributed by atoms with Gasteiger partial charge in [0, 0.05) is 0 Å². The Morgan fingerprint density at radius 2 is 2.07 bits per heavy atom. The zero-order valence-corrected chi connectivity index (χ0v) is 15.3. The van der Waals surface area contributed by atoms with Gasteiger partial charge in [-0.3, -0.25) is 14.8 Å². The summed E-state index contributed by atoms with van der Waals surface area (Å²) < 4.78 is 0. The molecule has 0 saturated heterocycles. The average Bonchev–Trinajstić information content (AvgIpc) is 2.71. The predicted molar refractivity (Wildman–Crippen MR) is 98.4 cm³/mol. The maximum absolute atomic E-state index is 13.1. The van der Waals surface area contributed by atoms with E-state index in [1.54, 1.807) is 6.07 Å². The zero-order chi connectivity index (χ0) is 19.4. The van der Waals surface area contributed by atoms with Gasteiger partial charge >= 0.3 is 0 Å². The van der Waals surface area contributed by atoms with Crippen LogP contribution in [0.5, 0.6) is 0 Å². The second-order valence-electron chi connectivity index (χ2n) is 6.99. The van der Waals surface area contributed by atoms with Crippen molar-refractivity contribution in [3.63, 3.8) is 0 Å². The van der Waals surface area contributed by atoms with E-state index >= 15 is 0 Å². The van der Waals surface area contributed by atoms with Gasteiger partial charge in [-0.15, -0.1) is 10.2 Å². The Morgan fingerprint density at radius 3 is 2.78 bits per heavy atom. The number of rotatable bonds is 6. The number of carbonyl (C=O) groups excluding carboxylic acids is 2. The van der Waals surface area contributed by atoms with Crippen LogP contribution in [-0.4, -0.2) is 44.3 Å². The van der Waals surface area contributed by atoms with Gasteiger partial charge in [-0.2, -0.15) is 0 Å². The van der Waals surface area contributed by atoms with E-state index in [-0.39, 0.29) is 18.4 Å². The molecular formula is C18H24N6O3. The molecule has 1 aromatic heterocycles. The molecule has 9 heteroatoms. The van der Waals surface area contributed by atoms with E-state index in [1.807, 2.05) is 19.1 Å². The highest BCUT2D eigenvalue weighted by Gasteiger charge is 2.34. The lowest BCUT2D eigenvalue weighted by molar-refractivity contribution is -0.156. The van der Waals surface area contributed by atoms with Crippen molar-refractivity contribution in [2.75, 3.05) is 11.6 Å². The van der Waals surface area contributed by atoms with Gasteiger partial charge in [0.25, 0.3) is 5.95 Å². The molecule has 1 aromatic carbocycles. The van der Waals surface area contributed by atoms with Gasteiger partial charge in [-0.25, -0.2) is 20.9 Å². The summed E-state index contributed by atoms with van der Waals surface area (Å²) in [6.07, 6.45) is 5.15. The molecule has 3 rings (SSSR count). The number of aryl methyl sites for hydroxylation is 1. The number of para-hydroxylation sites is 1. The molecule has 2 amide bonds. The van der Waals surface area contributed by atoms with E-state index in [0.717, 1.165) is 42.7 Å². The van der Waals surface area contributed by atoms with Crippen LogP contribution in [0.4, 0.5) is 5.95 Å². The molecule has 144 valence electrons. The molecule has 0 spiro atoms. The summed E-state index contributed by atoms with van der Waals surface area (Å²) in [4.78, 5) is 28.3. The Morgan fingerprint density at radius 1 is 1.33 bits per heavy atom. The lowest BCUT2D eigenvalue weighted by Gasteiger charge is -2.32. The third-order valence-corrected chi connectivity index (χ3v) is 5.17. The highest BCUT2D eigenvalue weighted by atomic mass is 16.5. The minimum absolute atomic E-state index is 0.00166. The second kappa shape index (κ2) is 8.36. The summed E-state index contributed by atoms with van der Waals surface area (Å²) in [5.74, 6) is 5.02. The van der Waals surface area contributed by atoms with Crippen molar-refractivity contribution in [2.24, 2.45) is 17.7 Å². The number of benzene rings is 1. The van der Waals surface area contributed by atoms with Crippen LogP contribution in [0.3, 0.4) is 0 Å². The standard InChI is InChI=1S/C18H24N6O3/c1-12-6-5-9-15-16(12)20-18(22-21-15)24(19)17(26)14(10-23(27)11-25)13-7-3-2-4-8-13/h5-6,9,11,13-14,27H,2-4,7-8,10,19H2,1H3. The summed E-state index contributed by atoms with van der Waals surface area (Å²) in [5.41, 5.74) is 2.14. The van der Waals surface area contributed by atoms with Crippen LogP contribution in [0, 0.1) is 18.8 Å². The van der Waals surface area contributed by atoms with Crippen molar-refractivity contribution >= 4 is 29.3 Å². The van der Waals surface area contributed by atoms with Crippen molar-refractivity contribution in [1.29, 1.82) is 0 Å². The summed E-state index contributed by atoms with van der Waals surface area (Å²) in [6, 6.07) is 5.53. The molecule has 9 nitrogen and oxygen atoms in total. The average molecular weight is 372 g/mol. The number of nitrogens with two attached hydrogens (primary N) is 1. The van der Waals surface area contributed by atoms with Gasteiger partial charge < -0.3 is 0 Å². The van der Waals surface area contributed by atoms with Crippen LogP contribution < -0.4 is 10.9 Å². The van der Waals surface area contributed by atoms with Gasteiger partial charge in [-0.1, -0.05) is 31.4 Å². The molecule has 1 unspecified atom stereocenters. The molecule has 0 radical (unpaired) electrons. The van der Waals surface area contributed by atoms with Gasteiger partial charge in [0.05, 0.1) is 18.0 Å². The summed E-state index contributed by atoms with van der Waals surface area (Å²) >= 11 is 0. The van der Waals surface area contributed by atoms with E-state index in [9.17, 15) is 14.8 Å². The van der Waals surface area contributed by atoms with Gasteiger partial charge in [0.1, 0.15) is 5.52 Å². The second-order valence-corrected chi connectivity index (χ2v) is 6.99. The number of carbonyl (C=O) groups is 2. The van der Waals surface area contributed by atoms with E-state index in [2.05, 4.69) is 15.2 Å². The lowest BCUT2D eigenvalue weighted by atomic mass is 9.79. The molecule has 1 heterocycles. The Balaban J connectivity index is 1.87. The Labute approximate surface area is 157 Å². The van der Waals surface area contributed by atoms with Crippen LogP contribution in [0.1, 0.15) is 37.7 Å². The smallest absolute Gasteiger partial charge is 0.267 e. The molecule has 1 saturated carbocycles. The van der Waals surface area contributed by atoms with Crippen LogP contribution in [-0.2, 0) is 9.59 Å². The summed E-state index contributed by atoms with van der Waals surface area (Å²) in [6.45, 7) is 1.78. The Hall–Kier alpha value is -2.65. The van der Waals surface area contributed by atoms with Crippen LogP contribution in [0.2, 0.25) is 0 Å². The van der Waals surface area contributed by atoms with E-state index in [1.165, 1.54) is 0 Å². The van der Waals surface area contributed by atoms with Crippen molar-refractivity contribution in [3.8, 4) is 0 Å². The Kier molecular flexibility index (Phi) is 5.92. The SMILES string of the molecule is Cc1cccc2nnc(N(N)C(=O)C(CN(O)C=O)C3CCCCC3)nc12. The number of hydrogen-bond donors (Lipinski definition) is 2. The Bertz CT molecular complexity index is 824. The number of hydroxylamine groups is 2. The van der Waals surface area contributed by atoms with Gasteiger partial charge in [-0.05, 0) is 37.3 Å². The highest BCUT2D eigenvalue weighted by Crippen LogP contribution is 2.31. The number of anilines is 1. The molecular weight excluding hydrogens is 348 g/mol. The first-order valence-electron chi connectivity index (χ1n) is 9.10. The molecule has 0 bridgehead atoms. The normalized spacial score (nSPS) is 16.1. The number of amides is 2. The molecule has 1 fully saturated rings. The molecule has 0 aliphatic heterocycles. The zero-order valence-electron chi connectivity index (χ0n) is 15.3. The van der Waals surface area contributed by atoms with Crippen LogP contribution >= 0.6 is 0 Å². The minimum atomic E-state index is -0.623. The fourth-order valence-corrected chi connectivity index (χ4v) is 3.68. The first-order chi connectivity index (χ1) is 13.0. The molecule has 2 aromatic rings. The number of hydrogen-bond acceptors (Lipinski definition) is 7. The van der Waals surface area contributed by atoms with Crippen LogP contribution in [0.15, 0.2) is 18.2 Å². The minimum Gasteiger partial charge on any atom is -0.286 e. The quantitative estimate of drug-likeness (QED) is 0.259. The van der Waals surface area contributed by atoms with Gasteiger partial charge in [0.15, 0.2) is 0 Å². The third kappa shape index (κ3) is 4.20. The van der Waals surface area contributed by atoms with Crippen molar-refractivity contribution in [3.05, 3.63) is 23.8 Å². The fourth-order valence-electron chi connectivity index (χ4n) is 3.68. The van der Waals surface area contributed by atoms with E-state index < -0.39 is 11.8 Å². The predicted octanol–water partition coefficient (Wildman–Crippen LogP) is 1.58. The summed E-state index contributed by atoms with van der Waals surface area (Å²) in [7, 11) is 0. The third-order valence-electron chi connectivity index (χ3n) is 5.17. The van der Waals surface area contributed by atoms with Crippen LogP contribution in [0.25, 0.3) is 11.0 Å². The topological polar surface area (TPSA) is 126 Å². The fraction of sp³-hybridized carbons (Fsp3) is 0.500. The largest absolute Gasteiger partial charge is 0.286 e. The number of nitrogens with zero attached hydrogens (tertiary/aromatic N) is 5. The number of aromatic nitrogens is 3. The lowest BCUT2D eigenvalue weighted by Crippen LogP contribution is -2.48. The molecule has 1 aliphatic carbocycles.